The molecule has 0 radical (unpaired) electrons. The molecule has 112 valence electrons. The largest absolute Gasteiger partial charge is 0.461 e. The van der Waals surface area contributed by atoms with E-state index in [1.165, 1.54) is 4.68 Å². The van der Waals surface area contributed by atoms with Gasteiger partial charge in [-0.3, -0.25) is 0 Å². The molecule has 0 aliphatic heterocycles. The molecule has 0 fully saturated rings. The van der Waals surface area contributed by atoms with E-state index < -0.39 is 5.97 Å². The summed E-state index contributed by atoms with van der Waals surface area (Å²) in [6.45, 7) is 4.45. The minimum Gasteiger partial charge on any atom is -0.461 e. The van der Waals surface area contributed by atoms with Crippen molar-refractivity contribution in [3.63, 3.8) is 0 Å². The number of nitrogen functional groups attached to an aromatic ring is 1. The number of benzene rings is 1. The molecule has 0 aliphatic rings. The van der Waals surface area contributed by atoms with Crippen molar-refractivity contribution in [3.05, 3.63) is 53.1 Å². The second-order valence-electron chi connectivity index (χ2n) is 4.53. The summed E-state index contributed by atoms with van der Waals surface area (Å²) < 4.78 is 11.8. The molecule has 0 saturated heterocycles. The molecule has 0 atom stereocenters. The van der Waals surface area contributed by atoms with E-state index in [9.17, 15) is 4.79 Å². The van der Waals surface area contributed by atoms with Crippen LogP contribution in [0.2, 0.25) is 0 Å². The predicted octanol–water partition coefficient (Wildman–Crippen LogP) is 1.80. The third-order valence-electron chi connectivity index (χ3n) is 2.97. The topological polar surface area (TPSA) is 79.4 Å². The van der Waals surface area contributed by atoms with Crippen LogP contribution in [0, 0.1) is 6.92 Å². The van der Waals surface area contributed by atoms with Crippen LogP contribution in [0.3, 0.4) is 0 Å². The van der Waals surface area contributed by atoms with E-state index in [4.69, 9.17) is 15.3 Å². The average molecular weight is 289 g/mol. The maximum Gasteiger partial charge on any atom is 0.358 e. The van der Waals surface area contributed by atoms with Gasteiger partial charge in [0.25, 0.3) is 0 Å². The molecule has 0 amide bonds. The molecule has 1 heterocycles. The van der Waals surface area contributed by atoms with Crippen molar-refractivity contribution in [2.24, 2.45) is 0 Å². The number of aromatic nitrogens is 2. The van der Waals surface area contributed by atoms with Gasteiger partial charge in [0.05, 0.1) is 18.9 Å². The number of aryl methyl sites for hydroxylation is 1. The van der Waals surface area contributed by atoms with Gasteiger partial charge in [0, 0.05) is 0 Å². The van der Waals surface area contributed by atoms with Crippen LogP contribution >= 0.6 is 0 Å². The van der Waals surface area contributed by atoms with Gasteiger partial charge in [-0.15, -0.1) is 0 Å². The minimum absolute atomic E-state index is 0.228. The molecule has 0 bridgehead atoms. The molecule has 0 unspecified atom stereocenters. The minimum atomic E-state index is -0.473. The van der Waals surface area contributed by atoms with Crippen LogP contribution < -0.4 is 5.84 Å². The molecule has 0 aliphatic carbocycles. The third kappa shape index (κ3) is 3.61. The zero-order valence-corrected chi connectivity index (χ0v) is 12.2. The highest BCUT2D eigenvalue weighted by molar-refractivity contribution is 5.89. The summed E-state index contributed by atoms with van der Waals surface area (Å²) >= 11 is 0. The quantitative estimate of drug-likeness (QED) is 0.648. The van der Waals surface area contributed by atoms with E-state index in [0.29, 0.717) is 24.7 Å². The van der Waals surface area contributed by atoms with Gasteiger partial charge in [-0.1, -0.05) is 30.3 Å². The van der Waals surface area contributed by atoms with Crippen LogP contribution in [0.5, 0.6) is 0 Å². The van der Waals surface area contributed by atoms with Crippen molar-refractivity contribution in [2.75, 3.05) is 12.4 Å². The fraction of sp³-hybridized carbons (Fsp3) is 0.333. The van der Waals surface area contributed by atoms with Gasteiger partial charge in [0.2, 0.25) is 0 Å². The van der Waals surface area contributed by atoms with E-state index in [0.717, 1.165) is 5.56 Å². The molecule has 1 aromatic carbocycles. The van der Waals surface area contributed by atoms with E-state index in [1.807, 2.05) is 30.3 Å². The van der Waals surface area contributed by atoms with Crippen LogP contribution in [0.25, 0.3) is 0 Å². The van der Waals surface area contributed by atoms with E-state index in [1.54, 1.807) is 13.8 Å². The molecule has 6 nitrogen and oxygen atoms in total. The van der Waals surface area contributed by atoms with Crippen molar-refractivity contribution < 1.29 is 14.3 Å². The van der Waals surface area contributed by atoms with Crippen molar-refractivity contribution >= 4 is 5.97 Å². The van der Waals surface area contributed by atoms with Crippen molar-refractivity contribution in [1.82, 2.24) is 9.66 Å². The fourth-order valence-corrected chi connectivity index (χ4v) is 1.99. The summed E-state index contributed by atoms with van der Waals surface area (Å²) in [5.41, 5.74) is 1.86. The highest BCUT2D eigenvalue weighted by atomic mass is 16.5. The number of esters is 1. The lowest BCUT2D eigenvalue weighted by Gasteiger charge is -2.06. The summed E-state index contributed by atoms with van der Waals surface area (Å²) in [4.78, 5) is 16.0. The first-order valence-electron chi connectivity index (χ1n) is 6.75. The number of nitrogens with zero attached hydrogens (tertiary/aromatic N) is 2. The zero-order valence-electron chi connectivity index (χ0n) is 12.2. The lowest BCUT2D eigenvalue weighted by molar-refractivity contribution is 0.0513. The van der Waals surface area contributed by atoms with Gasteiger partial charge >= 0.3 is 5.97 Å². The van der Waals surface area contributed by atoms with Crippen molar-refractivity contribution in [3.8, 4) is 0 Å². The number of rotatable bonds is 6. The van der Waals surface area contributed by atoms with Crippen LogP contribution in [0.1, 0.15) is 34.5 Å². The number of ether oxygens (including phenoxy) is 2. The maximum atomic E-state index is 11.8. The second-order valence-corrected chi connectivity index (χ2v) is 4.53. The Morgan fingerprint density at radius 2 is 2.00 bits per heavy atom. The van der Waals surface area contributed by atoms with Gasteiger partial charge in [-0.2, -0.15) is 0 Å². The molecule has 21 heavy (non-hydrogen) atoms. The summed E-state index contributed by atoms with van der Waals surface area (Å²) in [5.74, 6) is 5.91. The first-order valence-corrected chi connectivity index (χ1v) is 6.75. The van der Waals surface area contributed by atoms with E-state index in [2.05, 4.69) is 4.98 Å². The number of carbonyl (C=O) groups excluding carboxylic acids is 1. The molecule has 2 N–H and O–H groups in total. The lowest BCUT2D eigenvalue weighted by Crippen LogP contribution is -2.21. The monoisotopic (exact) mass is 289 g/mol. The Hall–Kier alpha value is -2.34. The molecule has 0 saturated carbocycles. The summed E-state index contributed by atoms with van der Waals surface area (Å²) in [7, 11) is 0. The van der Waals surface area contributed by atoms with Gasteiger partial charge in [-0.25, -0.2) is 14.5 Å². The van der Waals surface area contributed by atoms with E-state index >= 15 is 0 Å². The molecule has 2 rings (SSSR count). The fourth-order valence-electron chi connectivity index (χ4n) is 1.99. The summed E-state index contributed by atoms with van der Waals surface area (Å²) in [5, 5.41) is 0. The molecular weight excluding hydrogens is 270 g/mol. The molecular formula is C15H19N3O3. The van der Waals surface area contributed by atoms with Crippen LogP contribution in [-0.4, -0.2) is 22.2 Å². The Labute approximate surface area is 123 Å². The Kier molecular flexibility index (Phi) is 4.94. The Balaban J connectivity index is 2.01. The Bertz CT molecular complexity index is 608. The van der Waals surface area contributed by atoms with Crippen molar-refractivity contribution in [2.45, 2.75) is 27.1 Å². The highest BCUT2D eigenvalue weighted by Crippen LogP contribution is 2.11. The standard InChI is InChI=1S/C15H19N3O3/c1-3-21-15(19)14-11(2)17-13(18(14)16)10-20-9-12-7-5-4-6-8-12/h4-8H,3,9-10,16H2,1-2H3. The number of imidazole rings is 1. The van der Waals surface area contributed by atoms with Gasteiger partial charge in [0.1, 0.15) is 6.61 Å². The summed E-state index contributed by atoms with van der Waals surface area (Å²) in [6, 6.07) is 9.80. The first kappa shape index (κ1) is 15.1. The predicted molar refractivity (Wildman–Crippen MR) is 78.0 cm³/mol. The number of nitrogens with two attached hydrogens (primary N) is 1. The average Bonchev–Trinajstić information content (AvgIpc) is 2.75. The van der Waals surface area contributed by atoms with Gasteiger partial charge in [0.15, 0.2) is 11.5 Å². The smallest absolute Gasteiger partial charge is 0.358 e. The lowest BCUT2D eigenvalue weighted by atomic mass is 10.2. The number of carbonyl (C=O) groups is 1. The number of hydrogen-bond acceptors (Lipinski definition) is 5. The van der Waals surface area contributed by atoms with Crippen LogP contribution in [0.4, 0.5) is 0 Å². The summed E-state index contributed by atoms with van der Waals surface area (Å²) in [6.07, 6.45) is 0. The SMILES string of the molecule is CCOC(=O)c1c(C)nc(COCc2ccccc2)n1N. The Morgan fingerprint density at radius 3 is 2.67 bits per heavy atom. The van der Waals surface area contributed by atoms with E-state index in [-0.39, 0.29) is 12.3 Å². The van der Waals surface area contributed by atoms with Crippen LogP contribution in [-0.2, 0) is 22.7 Å². The third-order valence-corrected chi connectivity index (χ3v) is 2.97. The van der Waals surface area contributed by atoms with Gasteiger partial charge < -0.3 is 15.3 Å². The van der Waals surface area contributed by atoms with Crippen molar-refractivity contribution in [1.29, 1.82) is 0 Å². The molecule has 1 aromatic heterocycles. The molecule has 6 heteroatoms. The molecule has 0 spiro atoms. The zero-order chi connectivity index (χ0) is 15.2. The first-order chi connectivity index (χ1) is 10.1. The maximum absolute atomic E-state index is 11.8. The normalized spacial score (nSPS) is 10.6. The second kappa shape index (κ2) is 6.90. The number of hydrogen-bond donors (Lipinski definition) is 1. The van der Waals surface area contributed by atoms with Crippen LogP contribution in [0.15, 0.2) is 30.3 Å². The highest BCUT2D eigenvalue weighted by Gasteiger charge is 2.20. The van der Waals surface area contributed by atoms with Gasteiger partial charge in [-0.05, 0) is 19.4 Å². The molecule has 2 aromatic rings. The Morgan fingerprint density at radius 1 is 1.29 bits per heavy atom.